The van der Waals surface area contributed by atoms with Crippen molar-refractivity contribution >= 4 is 21.8 Å². The van der Waals surface area contributed by atoms with Gasteiger partial charge in [0.2, 0.25) is 5.91 Å². The zero-order valence-electron chi connectivity index (χ0n) is 8.92. The summed E-state index contributed by atoms with van der Waals surface area (Å²) >= 11 is 3.50. The van der Waals surface area contributed by atoms with Gasteiger partial charge in [0.15, 0.2) is 0 Å². The maximum Gasteiger partial charge on any atom is 0.223 e. The maximum absolute atomic E-state index is 11.6. The Labute approximate surface area is 98.9 Å². The Morgan fingerprint density at radius 2 is 2.27 bits per heavy atom. The van der Waals surface area contributed by atoms with Crippen LogP contribution in [0.4, 0.5) is 0 Å². The largest absolute Gasteiger partial charge is 0.356 e. The quantitative estimate of drug-likeness (QED) is 0.821. The molecule has 1 heterocycles. The Hall–Kier alpha value is -0.570. The van der Waals surface area contributed by atoms with Crippen molar-refractivity contribution in [3.8, 4) is 0 Å². The summed E-state index contributed by atoms with van der Waals surface area (Å²) in [6.07, 6.45) is 7.43. The van der Waals surface area contributed by atoms with E-state index in [1.165, 1.54) is 10.1 Å². The Balaban J connectivity index is 2.07. The van der Waals surface area contributed by atoms with Crippen LogP contribution in [-0.2, 0) is 4.79 Å². The molecule has 1 saturated heterocycles. The van der Waals surface area contributed by atoms with Crippen molar-refractivity contribution in [3.63, 3.8) is 0 Å². The number of hydrogen-bond acceptors (Lipinski definition) is 1. The lowest BCUT2D eigenvalue weighted by Crippen LogP contribution is -2.24. The third-order valence-electron chi connectivity index (χ3n) is 3.41. The van der Waals surface area contributed by atoms with E-state index in [2.05, 4.69) is 40.3 Å². The minimum Gasteiger partial charge on any atom is -0.356 e. The minimum atomic E-state index is 0.196. The van der Waals surface area contributed by atoms with E-state index in [0.717, 1.165) is 25.8 Å². The molecule has 0 aromatic rings. The Morgan fingerprint density at radius 3 is 2.80 bits per heavy atom. The number of amides is 1. The number of carbonyl (C=O) groups is 1. The summed E-state index contributed by atoms with van der Waals surface area (Å²) in [5, 5.41) is 2.91. The summed E-state index contributed by atoms with van der Waals surface area (Å²) in [6.45, 7) is 3.02. The summed E-state index contributed by atoms with van der Waals surface area (Å²) < 4.78 is 1.26. The molecule has 0 saturated carbocycles. The van der Waals surface area contributed by atoms with E-state index < -0.39 is 0 Å². The highest BCUT2D eigenvalue weighted by atomic mass is 79.9. The summed E-state index contributed by atoms with van der Waals surface area (Å²) in [6, 6.07) is 0. The molecule has 0 aromatic heterocycles. The van der Waals surface area contributed by atoms with Gasteiger partial charge in [-0.25, -0.2) is 0 Å². The number of carbonyl (C=O) groups excluding carboxylic acids is 1. The fourth-order valence-electron chi connectivity index (χ4n) is 2.36. The third-order valence-corrected chi connectivity index (χ3v) is 4.07. The molecule has 2 aliphatic rings. The number of hydrogen-bond donors (Lipinski definition) is 1. The molecular weight excluding hydrogens is 254 g/mol. The molecule has 3 heteroatoms. The first-order valence-corrected chi connectivity index (χ1v) is 6.30. The summed E-state index contributed by atoms with van der Waals surface area (Å²) in [5.41, 5.74) is 1.42. The summed E-state index contributed by atoms with van der Waals surface area (Å²) in [7, 11) is 0. The van der Waals surface area contributed by atoms with Crippen LogP contribution in [0.2, 0.25) is 0 Å². The second kappa shape index (κ2) is 4.52. The van der Waals surface area contributed by atoms with E-state index in [1.54, 1.807) is 0 Å². The van der Waals surface area contributed by atoms with Gasteiger partial charge >= 0.3 is 0 Å². The van der Waals surface area contributed by atoms with E-state index in [4.69, 9.17) is 0 Å². The molecule has 1 aliphatic carbocycles. The van der Waals surface area contributed by atoms with E-state index in [1.807, 2.05) is 0 Å². The molecule has 1 fully saturated rings. The zero-order chi connectivity index (χ0) is 10.8. The van der Waals surface area contributed by atoms with Gasteiger partial charge < -0.3 is 5.32 Å². The first-order valence-electron chi connectivity index (χ1n) is 5.51. The Morgan fingerprint density at radius 1 is 1.47 bits per heavy atom. The van der Waals surface area contributed by atoms with Gasteiger partial charge in [0.1, 0.15) is 0 Å². The van der Waals surface area contributed by atoms with Crippen molar-refractivity contribution in [2.75, 3.05) is 6.54 Å². The van der Waals surface area contributed by atoms with E-state index in [9.17, 15) is 4.79 Å². The van der Waals surface area contributed by atoms with Gasteiger partial charge in [-0.05, 0) is 29.7 Å². The molecule has 2 rings (SSSR count). The highest BCUT2D eigenvalue weighted by Gasteiger charge is 2.31. The molecule has 2 nitrogen and oxygen atoms in total. The lowest BCUT2D eigenvalue weighted by atomic mass is 9.83. The van der Waals surface area contributed by atoms with E-state index >= 15 is 0 Å². The first-order chi connectivity index (χ1) is 7.18. The molecule has 1 amide bonds. The van der Waals surface area contributed by atoms with Crippen LogP contribution in [0.25, 0.3) is 0 Å². The van der Waals surface area contributed by atoms with Crippen LogP contribution in [-0.4, -0.2) is 12.5 Å². The van der Waals surface area contributed by atoms with Crippen molar-refractivity contribution in [1.29, 1.82) is 0 Å². The molecule has 0 aromatic carbocycles. The molecule has 2 unspecified atom stereocenters. The molecule has 15 heavy (non-hydrogen) atoms. The van der Waals surface area contributed by atoms with Crippen LogP contribution in [0.3, 0.4) is 0 Å². The number of rotatable bonds is 2. The number of nitrogens with one attached hydrogen (secondary N) is 1. The third kappa shape index (κ3) is 2.33. The molecule has 1 aliphatic heterocycles. The minimum absolute atomic E-state index is 0.196. The van der Waals surface area contributed by atoms with Crippen LogP contribution < -0.4 is 5.32 Å². The standard InChI is InChI=1S/C12H16BrNO/c1-8(11-6-7-14-12(11)15)9-2-4-10(13)5-3-9/h2,4,8,11H,3,5-7H2,1H3,(H,14,15). The lowest BCUT2D eigenvalue weighted by molar-refractivity contribution is -0.123. The molecule has 0 radical (unpaired) electrons. The Bertz CT molecular complexity index is 333. The van der Waals surface area contributed by atoms with Gasteiger partial charge in [-0.3, -0.25) is 4.79 Å². The fraction of sp³-hybridized carbons (Fsp3) is 0.583. The van der Waals surface area contributed by atoms with Crippen LogP contribution >= 0.6 is 15.9 Å². The summed E-state index contributed by atoms with van der Waals surface area (Å²) in [4.78, 5) is 11.6. The molecular formula is C12H16BrNO. The highest BCUT2D eigenvalue weighted by Crippen LogP contribution is 2.33. The number of halogens is 1. The van der Waals surface area contributed by atoms with Gasteiger partial charge in [0.05, 0.1) is 0 Å². The van der Waals surface area contributed by atoms with Crippen LogP contribution in [0.5, 0.6) is 0 Å². The average molecular weight is 270 g/mol. The lowest BCUT2D eigenvalue weighted by Gasteiger charge is -2.22. The fourth-order valence-corrected chi connectivity index (χ4v) is 2.69. The second-order valence-electron chi connectivity index (χ2n) is 4.33. The predicted molar refractivity (Wildman–Crippen MR) is 64.6 cm³/mol. The van der Waals surface area contributed by atoms with E-state index in [-0.39, 0.29) is 11.8 Å². The molecule has 2 atom stereocenters. The van der Waals surface area contributed by atoms with Gasteiger partial charge in [-0.1, -0.05) is 40.6 Å². The normalized spacial score (nSPS) is 28.1. The second-order valence-corrected chi connectivity index (χ2v) is 5.35. The van der Waals surface area contributed by atoms with Crippen molar-refractivity contribution in [2.24, 2.45) is 11.8 Å². The molecule has 1 N–H and O–H groups in total. The Kier molecular flexibility index (Phi) is 3.29. The smallest absolute Gasteiger partial charge is 0.223 e. The van der Waals surface area contributed by atoms with Crippen LogP contribution in [0.1, 0.15) is 26.2 Å². The monoisotopic (exact) mass is 269 g/mol. The first kappa shape index (κ1) is 10.9. The van der Waals surface area contributed by atoms with Gasteiger partial charge in [-0.2, -0.15) is 0 Å². The van der Waals surface area contributed by atoms with Gasteiger partial charge in [-0.15, -0.1) is 0 Å². The zero-order valence-corrected chi connectivity index (χ0v) is 10.5. The van der Waals surface area contributed by atoms with Crippen molar-refractivity contribution in [3.05, 3.63) is 22.2 Å². The van der Waals surface area contributed by atoms with Crippen molar-refractivity contribution < 1.29 is 4.79 Å². The van der Waals surface area contributed by atoms with E-state index in [0.29, 0.717) is 5.92 Å². The molecule has 0 spiro atoms. The van der Waals surface area contributed by atoms with Crippen molar-refractivity contribution in [2.45, 2.75) is 26.2 Å². The number of allylic oxidation sites excluding steroid dienone is 4. The molecule has 0 bridgehead atoms. The highest BCUT2D eigenvalue weighted by molar-refractivity contribution is 9.11. The van der Waals surface area contributed by atoms with Crippen LogP contribution in [0.15, 0.2) is 22.2 Å². The summed E-state index contributed by atoms with van der Waals surface area (Å²) in [5.74, 6) is 0.822. The average Bonchev–Trinajstić information content (AvgIpc) is 2.65. The van der Waals surface area contributed by atoms with Gasteiger partial charge in [0, 0.05) is 12.5 Å². The maximum atomic E-state index is 11.6. The SMILES string of the molecule is CC(C1=CC=C(Br)CC1)C1CCNC1=O. The predicted octanol–water partition coefficient (Wildman–Crippen LogP) is 2.76. The molecule has 82 valence electrons. The van der Waals surface area contributed by atoms with Crippen molar-refractivity contribution in [1.82, 2.24) is 5.32 Å². The van der Waals surface area contributed by atoms with Gasteiger partial charge in [0.25, 0.3) is 0 Å². The topological polar surface area (TPSA) is 29.1 Å². The van der Waals surface area contributed by atoms with Crippen LogP contribution in [0, 0.1) is 11.8 Å².